The van der Waals surface area contributed by atoms with E-state index in [-0.39, 0.29) is 27.6 Å². The van der Waals surface area contributed by atoms with Crippen molar-refractivity contribution in [1.82, 2.24) is 9.55 Å². The van der Waals surface area contributed by atoms with Crippen LogP contribution >= 0.6 is 11.6 Å². The minimum atomic E-state index is -0.613. The van der Waals surface area contributed by atoms with Crippen LogP contribution in [-0.2, 0) is 0 Å². The summed E-state index contributed by atoms with van der Waals surface area (Å²) in [6, 6.07) is 1.20. The van der Waals surface area contributed by atoms with Gasteiger partial charge in [0.25, 0.3) is 5.56 Å². The number of nitrogens with two attached hydrogens (primary N) is 1. The van der Waals surface area contributed by atoms with Crippen LogP contribution in [0.15, 0.2) is 15.7 Å². The first kappa shape index (κ1) is 16.6. The second kappa shape index (κ2) is 5.57. The number of aromatic amines is 1. The summed E-state index contributed by atoms with van der Waals surface area (Å²) in [5.41, 5.74) is 5.22. The summed E-state index contributed by atoms with van der Waals surface area (Å²) in [7, 11) is 0. The van der Waals surface area contributed by atoms with Gasteiger partial charge in [0.15, 0.2) is 0 Å². The second-order valence-electron chi connectivity index (χ2n) is 7.46. The summed E-state index contributed by atoms with van der Waals surface area (Å²) < 4.78 is 16.3. The quantitative estimate of drug-likeness (QED) is 0.870. The molecule has 2 aromatic rings. The van der Waals surface area contributed by atoms with Gasteiger partial charge in [-0.05, 0) is 37.3 Å². The first-order chi connectivity index (χ1) is 11.8. The number of hydrogen-bond donors (Lipinski definition) is 2. The van der Waals surface area contributed by atoms with E-state index >= 15 is 0 Å². The smallest absolute Gasteiger partial charge is 0.329 e. The fraction of sp³-hybridized carbons (Fsp3) is 0.529. The van der Waals surface area contributed by atoms with Crippen LogP contribution in [0.2, 0.25) is 5.02 Å². The summed E-state index contributed by atoms with van der Waals surface area (Å²) in [4.78, 5) is 28.6. The summed E-state index contributed by atoms with van der Waals surface area (Å²) in [6.07, 6.45) is 2.53. The van der Waals surface area contributed by atoms with Crippen molar-refractivity contribution in [2.75, 3.05) is 24.5 Å². The molecule has 1 unspecified atom stereocenters. The predicted molar refractivity (Wildman–Crippen MR) is 96.1 cm³/mol. The molecule has 3 N–H and O–H groups in total. The topological polar surface area (TPSA) is 84.1 Å². The third kappa shape index (κ3) is 2.57. The van der Waals surface area contributed by atoms with E-state index < -0.39 is 17.1 Å². The molecule has 0 radical (unpaired) electrons. The summed E-state index contributed by atoms with van der Waals surface area (Å²) in [5.74, 6) is -0.551. The van der Waals surface area contributed by atoms with Crippen LogP contribution in [0.25, 0.3) is 10.9 Å². The van der Waals surface area contributed by atoms with Gasteiger partial charge in [0.1, 0.15) is 5.82 Å². The number of anilines is 1. The fourth-order valence-corrected chi connectivity index (χ4v) is 4.09. The average molecular weight is 367 g/mol. The number of benzene rings is 1. The van der Waals surface area contributed by atoms with Crippen LogP contribution in [0.4, 0.5) is 10.1 Å². The zero-order valence-corrected chi connectivity index (χ0v) is 14.7. The summed E-state index contributed by atoms with van der Waals surface area (Å²) in [5, 5.41) is 0.241. The van der Waals surface area contributed by atoms with Crippen LogP contribution < -0.4 is 21.9 Å². The Morgan fingerprint density at radius 2 is 2.16 bits per heavy atom. The van der Waals surface area contributed by atoms with Crippen molar-refractivity contribution < 1.29 is 4.39 Å². The number of fused-ring (bicyclic) bond motifs is 1. The molecular formula is C17H20ClFN4O2. The Morgan fingerprint density at radius 1 is 1.44 bits per heavy atom. The molecule has 1 saturated heterocycles. The van der Waals surface area contributed by atoms with Crippen LogP contribution in [0.1, 0.15) is 32.2 Å². The van der Waals surface area contributed by atoms with Crippen LogP contribution in [-0.4, -0.2) is 29.2 Å². The van der Waals surface area contributed by atoms with Crippen LogP contribution in [0.5, 0.6) is 0 Å². The van der Waals surface area contributed by atoms with Gasteiger partial charge in [-0.2, -0.15) is 0 Å². The van der Waals surface area contributed by atoms with Gasteiger partial charge in [0, 0.05) is 19.1 Å². The lowest BCUT2D eigenvalue weighted by Gasteiger charge is -2.25. The maximum absolute atomic E-state index is 14.8. The van der Waals surface area contributed by atoms with Crippen molar-refractivity contribution >= 4 is 28.2 Å². The summed E-state index contributed by atoms with van der Waals surface area (Å²) in [6.45, 7) is 3.78. The van der Waals surface area contributed by atoms with Gasteiger partial charge in [-0.3, -0.25) is 14.3 Å². The lowest BCUT2D eigenvalue weighted by Crippen LogP contribution is -2.33. The molecule has 4 rings (SSSR count). The molecule has 2 fully saturated rings. The van der Waals surface area contributed by atoms with Crippen molar-refractivity contribution in [2.45, 2.75) is 32.2 Å². The zero-order valence-electron chi connectivity index (χ0n) is 13.9. The highest BCUT2D eigenvalue weighted by Crippen LogP contribution is 2.42. The third-order valence-corrected chi connectivity index (χ3v) is 5.73. The van der Waals surface area contributed by atoms with Gasteiger partial charge in [-0.1, -0.05) is 18.5 Å². The van der Waals surface area contributed by atoms with Crippen LogP contribution in [0, 0.1) is 11.2 Å². The van der Waals surface area contributed by atoms with Gasteiger partial charge < -0.3 is 10.6 Å². The number of nitrogens with zero attached hydrogens (tertiary/aromatic N) is 2. The second-order valence-corrected chi connectivity index (χ2v) is 7.84. The van der Waals surface area contributed by atoms with Crippen molar-refractivity contribution in [2.24, 2.45) is 11.1 Å². The predicted octanol–water partition coefficient (Wildman–Crippen LogP) is 1.99. The highest BCUT2D eigenvalue weighted by Gasteiger charge is 2.36. The van der Waals surface area contributed by atoms with Gasteiger partial charge in [-0.25, -0.2) is 9.18 Å². The maximum Gasteiger partial charge on any atom is 0.329 e. The van der Waals surface area contributed by atoms with Gasteiger partial charge in [0.05, 0.1) is 21.6 Å². The molecule has 6 nitrogen and oxygen atoms in total. The molecule has 1 atom stereocenters. The van der Waals surface area contributed by atoms with Gasteiger partial charge in [-0.15, -0.1) is 0 Å². The summed E-state index contributed by atoms with van der Waals surface area (Å²) >= 11 is 6.56. The molecule has 25 heavy (non-hydrogen) atoms. The maximum atomic E-state index is 14.8. The molecule has 2 aliphatic rings. The highest BCUT2D eigenvalue weighted by atomic mass is 35.5. The molecule has 134 valence electrons. The molecule has 0 amide bonds. The lowest BCUT2D eigenvalue weighted by atomic mass is 9.90. The van der Waals surface area contributed by atoms with Crippen molar-refractivity contribution in [1.29, 1.82) is 0 Å². The van der Waals surface area contributed by atoms with Gasteiger partial charge in [0.2, 0.25) is 0 Å². The van der Waals surface area contributed by atoms with Crippen LogP contribution in [0.3, 0.4) is 0 Å². The van der Waals surface area contributed by atoms with E-state index in [1.165, 1.54) is 10.6 Å². The minimum Gasteiger partial charge on any atom is -0.367 e. The third-order valence-electron chi connectivity index (χ3n) is 5.37. The van der Waals surface area contributed by atoms with E-state index in [1.807, 2.05) is 4.90 Å². The molecule has 1 aliphatic carbocycles. The number of nitrogens with one attached hydrogen (secondary N) is 1. The molecule has 0 spiro atoms. The molecule has 8 heteroatoms. The van der Waals surface area contributed by atoms with E-state index in [4.69, 9.17) is 17.3 Å². The molecule has 0 bridgehead atoms. The Bertz CT molecular complexity index is 981. The van der Waals surface area contributed by atoms with E-state index in [0.29, 0.717) is 25.2 Å². The first-order valence-corrected chi connectivity index (χ1v) is 8.84. The highest BCUT2D eigenvalue weighted by molar-refractivity contribution is 6.38. The number of halogens is 2. The monoisotopic (exact) mass is 366 g/mol. The minimum absolute atomic E-state index is 0.00977. The first-order valence-electron chi connectivity index (χ1n) is 8.46. The van der Waals surface area contributed by atoms with E-state index in [0.717, 1.165) is 19.3 Å². The molecule has 1 aromatic heterocycles. The Hall–Kier alpha value is -1.86. The molecule has 1 aliphatic heterocycles. The molecule has 1 saturated carbocycles. The number of rotatable bonds is 3. The zero-order chi connectivity index (χ0) is 17.9. The normalized spacial score (nSPS) is 23.6. The fourth-order valence-electron chi connectivity index (χ4n) is 3.69. The van der Waals surface area contributed by atoms with E-state index in [1.54, 1.807) is 0 Å². The standard InChI is InChI=1S/C17H20ClFN4O2/c1-17(7-20)4-5-22(8-17)14-11(19)6-10-13(12(14)18)23(9-2-3-9)16(25)21-15(10)24/h6,9H,2-5,7-8,20H2,1H3,(H,21,24,25). The Balaban J connectivity index is 1.97. The van der Waals surface area contributed by atoms with E-state index in [2.05, 4.69) is 11.9 Å². The Kier molecular flexibility index (Phi) is 3.70. The van der Waals surface area contributed by atoms with Gasteiger partial charge >= 0.3 is 5.69 Å². The van der Waals surface area contributed by atoms with Crippen molar-refractivity contribution in [3.63, 3.8) is 0 Å². The average Bonchev–Trinajstić information content (AvgIpc) is 3.31. The largest absolute Gasteiger partial charge is 0.367 e. The number of hydrogen-bond acceptors (Lipinski definition) is 4. The molecule has 1 aromatic carbocycles. The molecular weight excluding hydrogens is 347 g/mol. The molecule has 2 heterocycles. The van der Waals surface area contributed by atoms with Crippen molar-refractivity contribution in [3.05, 3.63) is 37.7 Å². The SMILES string of the molecule is CC1(CN)CCN(c2c(F)cc3c(=O)[nH]c(=O)n(C4CC4)c3c2Cl)C1. The number of H-pyrrole nitrogens is 1. The Morgan fingerprint density at radius 3 is 2.76 bits per heavy atom. The van der Waals surface area contributed by atoms with Crippen molar-refractivity contribution in [3.8, 4) is 0 Å². The van der Waals surface area contributed by atoms with E-state index in [9.17, 15) is 14.0 Å². The Labute approximate surface area is 148 Å². The lowest BCUT2D eigenvalue weighted by molar-refractivity contribution is 0.383. The number of aromatic nitrogens is 2.